The minimum Gasteiger partial charge on any atom is -0.379 e. The quantitative estimate of drug-likeness (QED) is 0.889. The zero-order chi connectivity index (χ0) is 13.1. The van der Waals surface area contributed by atoms with Gasteiger partial charge in [0.1, 0.15) is 5.82 Å². The fraction of sp³-hybridized carbons (Fsp3) is 0.267. The van der Waals surface area contributed by atoms with E-state index in [1.165, 1.54) is 6.07 Å². The number of halogens is 1. The van der Waals surface area contributed by atoms with Crippen LogP contribution in [0.5, 0.6) is 0 Å². The summed E-state index contributed by atoms with van der Waals surface area (Å²) in [6.45, 7) is 6.55. The number of rotatable bonds is 3. The lowest BCUT2D eigenvalue weighted by Gasteiger charge is -2.11. The molecule has 1 aromatic heterocycles. The van der Waals surface area contributed by atoms with Crippen LogP contribution in [-0.2, 0) is 6.54 Å². The van der Waals surface area contributed by atoms with Gasteiger partial charge in [-0.05, 0) is 56.2 Å². The number of nitrogens with zero attached hydrogens (tertiary/aromatic N) is 1. The van der Waals surface area contributed by atoms with Gasteiger partial charge in [0, 0.05) is 12.2 Å². The summed E-state index contributed by atoms with van der Waals surface area (Å²) in [7, 11) is 0. The largest absolute Gasteiger partial charge is 0.379 e. The van der Waals surface area contributed by atoms with E-state index >= 15 is 0 Å². The molecule has 0 spiro atoms. The molecule has 0 bridgehead atoms. The van der Waals surface area contributed by atoms with Gasteiger partial charge in [-0.25, -0.2) is 4.39 Å². The number of benzene rings is 1. The summed E-state index contributed by atoms with van der Waals surface area (Å²) in [5, 5.41) is 3.33. The lowest BCUT2D eigenvalue weighted by molar-refractivity contribution is 0.625. The first kappa shape index (κ1) is 12.6. The summed E-state index contributed by atoms with van der Waals surface area (Å²) in [5.74, 6) is -0.190. The number of hydrogen-bond donors (Lipinski definition) is 1. The van der Waals surface area contributed by atoms with E-state index in [1.807, 2.05) is 39.0 Å². The van der Waals surface area contributed by atoms with Crippen molar-refractivity contribution in [2.75, 3.05) is 5.32 Å². The summed E-state index contributed by atoms with van der Waals surface area (Å²) in [6, 6.07) is 8.86. The topological polar surface area (TPSA) is 24.9 Å². The fourth-order valence-electron chi connectivity index (χ4n) is 1.92. The molecule has 0 atom stereocenters. The van der Waals surface area contributed by atoms with E-state index in [4.69, 9.17) is 0 Å². The maximum Gasteiger partial charge on any atom is 0.123 e. The van der Waals surface area contributed by atoms with Crippen LogP contribution in [0.15, 0.2) is 30.3 Å². The predicted molar refractivity (Wildman–Crippen MR) is 72.2 cm³/mol. The number of aryl methyl sites for hydroxylation is 3. The van der Waals surface area contributed by atoms with Gasteiger partial charge in [0.2, 0.25) is 0 Å². The van der Waals surface area contributed by atoms with E-state index in [2.05, 4.69) is 10.3 Å². The number of anilines is 1. The van der Waals surface area contributed by atoms with Crippen molar-refractivity contribution >= 4 is 5.69 Å². The predicted octanol–water partition coefficient (Wildman–Crippen LogP) is 3.76. The minimum atomic E-state index is -0.190. The van der Waals surface area contributed by atoms with Gasteiger partial charge in [0.25, 0.3) is 0 Å². The highest BCUT2D eigenvalue weighted by Crippen LogP contribution is 2.16. The number of pyridine rings is 1. The molecule has 2 aromatic rings. The molecule has 0 unspecified atom stereocenters. The Bertz CT molecular complexity index is 513. The Labute approximate surface area is 107 Å². The smallest absolute Gasteiger partial charge is 0.123 e. The van der Waals surface area contributed by atoms with E-state index in [9.17, 15) is 4.39 Å². The normalized spacial score (nSPS) is 10.4. The van der Waals surface area contributed by atoms with Crippen molar-refractivity contribution in [3.63, 3.8) is 0 Å². The van der Waals surface area contributed by atoms with Crippen LogP contribution in [0.25, 0.3) is 0 Å². The highest BCUT2D eigenvalue weighted by atomic mass is 19.1. The summed E-state index contributed by atoms with van der Waals surface area (Å²) >= 11 is 0. The Balaban J connectivity index is 2.11. The van der Waals surface area contributed by atoms with Crippen LogP contribution in [-0.4, -0.2) is 4.98 Å². The van der Waals surface area contributed by atoms with Crippen LogP contribution >= 0.6 is 0 Å². The zero-order valence-electron chi connectivity index (χ0n) is 10.9. The van der Waals surface area contributed by atoms with Gasteiger partial charge in [-0.15, -0.1) is 0 Å². The molecule has 2 rings (SSSR count). The third-order valence-electron chi connectivity index (χ3n) is 3.00. The first-order valence-electron chi connectivity index (χ1n) is 5.99. The molecule has 0 aliphatic carbocycles. The molecule has 0 aliphatic heterocycles. The Morgan fingerprint density at radius 1 is 1.11 bits per heavy atom. The van der Waals surface area contributed by atoms with Crippen LogP contribution in [0.4, 0.5) is 10.1 Å². The lowest BCUT2D eigenvalue weighted by Crippen LogP contribution is -2.04. The Morgan fingerprint density at radius 3 is 2.56 bits per heavy atom. The van der Waals surface area contributed by atoms with Gasteiger partial charge in [0.15, 0.2) is 0 Å². The summed E-state index contributed by atoms with van der Waals surface area (Å²) in [6.07, 6.45) is 0. The van der Waals surface area contributed by atoms with Gasteiger partial charge < -0.3 is 5.32 Å². The molecule has 0 saturated carbocycles. The van der Waals surface area contributed by atoms with Gasteiger partial charge in [-0.3, -0.25) is 4.98 Å². The van der Waals surface area contributed by atoms with Crippen LogP contribution < -0.4 is 5.32 Å². The molecule has 1 aromatic carbocycles. The number of nitrogens with one attached hydrogen (secondary N) is 1. The second kappa shape index (κ2) is 5.17. The maximum atomic E-state index is 13.0. The Hall–Kier alpha value is -1.90. The maximum absolute atomic E-state index is 13.0. The van der Waals surface area contributed by atoms with Crippen molar-refractivity contribution in [2.45, 2.75) is 27.3 Å². The number of aromatic nitrogens is 1. The average molecular weight is 244 g/mol. The number of hydrogen-bond acceptors (Lipinski definition) is 2. The van der Waals surface area contributed by atoms with E-state index in [-0.39, 0.29) is 5.82 Å². The summed E-state index contributed by atoms with van der Waals surface area (Å²) < 4.78 is 13.0. The first-order chi connectivity index (χ1) is 8.56. The monoisotopic (exact) mass is 244 g/mol. The van der Waals surface area contributed by atoms with Crippen molar-refractivity contribution in [3.05, 3.63) is 58.7 Å². The van der Waals surface area contributed by atoms with Gasteiger partial charge in [-0.1, -0.05) is 6.07 Å². The van der Waals surface area contributed by atoms with Gasteiger partial charge in [0.05, 0.1) is 11.4 Å². The van der Waals surface area contributed by atoms with Crippen LogP contribution in [0.3, 0.4) is 0 Å². The molecule has 94 valence electrons. The molecule has 1 N–H and O–H groups in total. The Morgan fingerprint density at radius 2 is 1.89 bits per heavy atom. The third kappa shape index (κ3) is 2.86. The summed E-state index contributed by atoms with van der Waals surface area (Å²) in [4.78, 5) is 4.40. The molecule has 0 saturated heterocycles. The molecule has 0 radical (unpaired) electrons. The third-order valence-corrected chi connectivity index (χ3v) is 3.00. The molecule has 1 heterocycles. The SMILES string of the molecule is Cc1ccc(NCc2ccc(F)cc2C)c(C)n1. The summed E-state index contributed by atoms with van der Waals surface area (Å²) in [5.41, 5.74) is 5.06. The van der Waals surface area contributed by atoms with Crippen LogP contribution in [0.2, 0.25) is 0 Å². The molecule has 2 nitrogen and oxygen atoms in total. The molecule has 0 aliphatic rings. The highest BCUT2D eigenvalue weighted by Gasteiger charge is 2.02. The second-order valence-electron chi connectivity index (χ2n) is 4.51. The standard InChI is InChI=1S/C15H17FN2/c1-10-8-14(16)6-5-13(10)9-17-15-7-4-11(2)18-12(15)3/h4-8,17H,9H2,1-3H3. The molecule has 0 amide bonds. The van der Waals surface area contributed by atoms with Crippen LogP contribution in [0.1, 0.15) is 22.5 Å². The molecule has 3 heteroatoms. The molecular formula is C15H17FN2. The molecule has 0 fully saturated rings. The fourth-order valence-corrected chi connectivity index (χ4v) is 1.92. The van der Waals surface area contributed by atoms with Gasteiger partial charge >= 0.3 is 0 Å². The molecule has 18 heavy (non-hydrogen) atoms. The average Bonchev–Trinajstić information content (AvgIpc) is 2.30. The van der Waals surface area contributed by atoms with Crippen molar-refractivity contribution in [1.29, 1.82) is 0 Å². The van der Waals surface area contributed by atoms with E-state index in [1.54, 1.807) is 6.07 Å². The Kier molecular flexibility index (Phi) is 3.60. The van der Waals surface area contributed by atoms with E-state index in [0.717, 1.165) is 28.2 Å². The lowest BCUT2D eigenvalue weighted by atomic mass is 10.1. The highest BCUT2D eigenvalue weighted by molar-refractivity contribution is 5.48. The molecular weight excluding hydrogens is 227 g/mol. The van der Waals surface area contributed by atoms with Gasteiger partial charge in [-0.2, -0.15) is 0 Å². The van der Waals surface area contributed by atoms with Crippen molar-refractivity contribution in [3.8, 4) is 0 Å². The van der Waals surface area contributed by atoms with Crippen molar-refractivity contribution < 1.29 is 4.39 Å². The van der Waals surface area contributed by atoms with E-state index < -0.39 is 0 Å². The zero-order valence-corrected chi connectivity index (χ0v) is 10.9. The van der Waals surface area contributed by atoms with Crippen molar-refractivity contribution in [2.24, 2.45) is 0 Å². The van der Waals surface area contributed by atoms with Crippen molar-refractivity contribution in [1.82, 2.24) is 4.98 Å². The van der Waals surface area contributed by atoms with E-state index in [0.29, 0.717) is 6.54 Å². The second-order valence-corrected chi connectivity index (χ2v) is 4.51. The minimum absolute atomic E-state index is 0.190. The van der Waals surface area contributed by atoms with Crippen LogP contribution in [0, 0.1) is 26.6 Å². The first-order valence-corrected chi connectivity index (χ1v) is 5.99.